The molecule has 0 amide bonds. The molecule has 0 rings (SSSR count). The molecule has 0 aliphatic carbocycles. The van der Waals surface area contributed by atoms with Gasteiger partial charge in [-0.05, 0) is 89.9 Å². The van der Waals surface area contributed by atoms with Crippen LogP contribution in [-0.4, -0.2) is 37.2 Å². The first-order valence-corrected chi connectivity index (χ1v) is 29.9. The molecule has 6 heteroatoms. The molecule has 6 nitrogen and oxygen atoms in total. The van der Waals surface area contributed by atoms with Gasteiger partial charge in [0, 0.05) is 19.3 Å². The molecule has 0 N–H and O–H groups in total. The molecule has 0 radical (unpaired) electrons. The van der Waals surface area contributed by atoms with E-state index in [0.29, 0.717) is 19.3 Å². The van der Waals surface area contributed by atoms with E-state index in [1.807, 2.05) is 0 Å². The molecule has 0 bridgehead atoms. The van der Waals surface area contributed by atoms with Crippen molar-refractivity contribution in [2.75, 3.05) is 13.2 Å². The van der Waals surface area contributed by atoms with Crippen LogP contribution in [-0.2, 0) is 28.6 Å². The van der Waals surface area contributed by atoms with Gasteiger partial charge in [-0.25, -0.2) is 0 Å². The zero-order chi connectivity index (χ0) is 50.7. The van der Waals surface area contributed by atoms with Gasteiger partial charge in [0.1, 0.15) is 13.2 Å². The topological polar surface area (TPSA) is 78.9 Å². The number of carbonyl (C=O) groups is 3. The van der Waals surface area contributed by atoms with Crippen LogP contribution in [0.15, 0.2) is 72.9 Å². The number of allylic oxidation sites excluding steroid dienone is 12. The Morgan fingerprint density at radius 1 is 0.300 bits per heavy atom. The Labute approximate surface area is 433 Å². The van der Waals surface area contributed by atoms with Crippen molar-refractivity contribution in [3.63, 3.8) is 0 Å². The predicted octanol–water partition coefficient (Wildman–Crippen LogP) is 20.2. The lowest BCUT2D eigenvalue weighted by Gasteiger charge is -2.18. The van der Waals surface area contributed by atoms with Crippen LogP contribution in [0.5, 0.6) is 0 Å². The Morgan fingerprint density at radius 2 is 0.557 bits per heavy atom. The molecule has 0 aromatic heterocycles. The molecule has 0 aliphatic heterocycles. The third-order valence-electron chi connectivity index (χ3n) is 12.9. The van der Waals surface area contributed by atoms with Gasteiger partial charge in [0.2, 0.25) is 0 Å². The molecule has 0 saturated carbocycles. The van der Waals surface area contributed by atoms with E-state index in [2.05, 4.69) is 93.7 Å². The highest BCUT2D eigenvalue weighted by atomic mass is 16.6. The summed E-state index contributed by atoms with van der Waals surface area (Å²) >= 11 is 0. The molecule has 0 spiro atoms. The summed E-state index contributed by atoms with van der Waals surface area (Å²) in [5.41, 5.74) is 0. The van der Waals surface area contributed by atoms with Crippen molar-refractivity contribution >= 4 is 17.9 Å². The van der Waals surface area contributed by atoms with E-state index in [1.54, 1.807) is 0 Å². The number of hydrogen-bond donors (Lipinski definition) is 0. The van der Waals surface area contributed by atoms with Crippen LogP contribution in [0.3, 0.4) is 0 Å². The van der Waals surface area contributed by atoms with E-state index in [1.165, 1.54) is 148 Å². The van der Waals surface area contributed by atoms with Gasteiger partial charge in [-0.3, -0.25) is 14.4 Å². The van der Waals surface area contributed by atoms with E-state index in [4.69, 9.17) is 14.2 Å². The highest BCUT2D eigenvalue weighted by molar-refractivity contribution is 5.71. The van der Waals surface area contributed by atoms with E-state index in [-0.39, 0.29) is 31.1 Å². The van der Waals surface area contributed by atoms with Gasteiger partial charge < -0.3 is 14.2 Å². The Hall–Kier alpha value is -3.15. The molecular weight excluding hydrogens is 865 g/mol. The second-order valence-electron chi connectivity index (χ2n) is 19.9. The molecule has 0 aliphatic rings. The largest absolute Gasteiger partial charge is 0.462 e. The molecule has 0 heterocycles. The summed E-state index contributed by atoms with van der Waals surface area (Å²) < 4.78 is 16.8. The molecule has 1 atom stereocenters. The van der Waals surface area contributed by atoms with Crippen LogP contribution in [0.2, 0.25) is 0 Å². The molecule has 70 heavy (non-hydrogen) atoms. The fraction of sp³-hybridized carbons (Fsp3) is 0.766. The average molecular weight is 978 g/mol. The number of hydrogen-bond acceptors (Lipinski definition) is 6. The van der Waals surface area contributed by atoms with Gasteiger partial charge >= 0.3 is 17.9 Å². The third kappa shape index (κ3) is 55.8. The minimum atomic E-state index is -0.780. The highest BCUT2D eigenvalue weighted by Crippen LogP contribution is 2.16. The number of ether oxygens (including phenoxy) is 3. The molecular formula is C64H112O6. The van der Waals surface area contributed by atoms with Crippen LogP contribution < -0.4 is 0 Å². The van der Waals surface area contributed by atoms with Crippen LogP contribution in [0, 0.1) is 0 Å². The van der Waals surface area contributed by atoms with Gasteiger partial charge in [-0.2, -0.15) is 0 Å². The standard InChI is InChI=1S/C64H112O6/c1-4-7-10-13-16-19-22-24-26-27-28-29-30-31-32-33-34-35-36-37-39-40-42-45-48-51-54-57-63(66)69-60-61(59-68-62(65)56-53-50-47-44-21-18-15-12-9-6-3)70-64(67)58-55-52-49-46-43-41-38-25-23-20-17-14-11-8-5-2/h7,10,16-17,19-20,24-26,28-29,38,61H,4-6,8-9,11-15,18,21-23,27,30-37,39-60H2,1-3H3/b10-7-,19-16-,20-17-,26-24-,29-28-,38-25-. The van der Waals surface area contributed by atoms with Crippen molar-refractivity contribution in [2.24, 2.45) is 0 Å². The molecule has 0 aromatic carbocycles. The fourth-order valence-electron chi connectivity index (χ4n) is 8.47. The van der Waals surface area contributed by atoms with E-state index >= 15 is 0 Å². The van der Waals surface area contributed by atoms with Crippen molar-refractivity contribution < 1.29 is 28.6 Å². The lowest BCUT2D eigenvalue weighted by atomic mass is 10.0. The lowest BCUT2D eigenvalue weighted by molar-refractivity contribution is -0.167. The van der Waals surface area contributed by atoms with Crippen molar-refractivity contribution in [1.82, 2.24) is 0 Å². The summed E-state index contributed by atoms with van der Waals surface area (Å²) in [6, 6.07) is 0. The van der Waals surface area contributed by atoms with Crippen molar-refractivity contribution in [3.8, 4) is 0 Å². The van der Waals surface area contributed by atoms with Crippen molar-refractivity contribution in [1.29, 1.82) is 0 Å². The molecule has 404 valence electrons. The average Bonchev–Trinajstić information content (AvgIpc) is 3.36. The van der Waals surface area contributed by atoms with E-state index in [9.17, 15) is 14.4 Å². The number of unbranched alkanes of at least 4 members (excludes halogenated alkanes) is 31. The van der Waals surface area contributed by atoms with Gasteiger partial charge in [0.05, 0.1) is 0 Å². The van der Waals surface area contributed by atoms with Gasteiger partial charge in [0.25, 0.3) is 0 Å². The van der Waals surface area contributed by atoms with Gasteiger partial charge in [-0.15, -0.1) is 0 Å². The summed E-state index contributed by atoms with van der Waals surface area (Å²) in [7, 11) is 0. The summed E-state index contributed by atoms with van der Waals surface area (Å²) in [5.74, 6) is -0.884. The highest BCUT2D eigenvalue weighted by Gasteiger charge is 2.19. The van der Waals surface area contributed by atoms with Crippen molar-refractivity contribution in [3.05, 3.63) is 72.9 Å². The van der Waals surface area contributed by atoms with Crippen LogP contribution in [0.4, 0.5) is 0 Å². The third-order valence-corrected chi connectivity index (χ3v) is 12.9. The molecule has 0 saturated heterocycles. The first-order chi connectivity index (χ1) is 34.5. The summed E-state index contributed by atoms with van der Waals surface area (Å²) in [4.78, 5) is 38.1. The number of rotatable bonds is 54. The van der Waals surface area contributed by atoms with Crippen LogP contribution in [0.25, 0.3) is 0 Å². The normalized spacial score (nSPS) is 12.6. The molecule has 1 unspecified atom stereocenters. The smallest absolute Gasteiger partial charge is 0.306 e. The maximum atomic E-state index is 12.8. The van der Waals surface area contributed by atoms with Crippen LogP contribution >= 0.6 is 0 Å². The lowest BCUT2D eigenvalue weighted by Crippen LogP contribution is -2.30. The quantitative estimate of drug-likeness (QED) is 0.0261. The first kappa shape index (κ1) is 66.9. The Balaban J connectivity index is 4.20. The Kier molecular flexibility index (Phi) is 55.8. The summed E-state index contributed by atoms with van der Waals surface area (Å²) in [6.45, 7) is 6.50. The minimum Gasteiger partial charge on any atom is -0.462 e. The first-order valence-electron chi connectivity index (χ1n) is 29.9. The molecule has 0 aromatic rings. The number of esters is 3. The second kappa shape index (κ2) is 58.4. The maximum Gasteiger partial charge on any atom is 0.306 e. The Morgan fingerprint density at radius 3 is 0.900 bits per heavy atom. The minimum absolute atomic E-state index is 0.0778. The zero-order valence-corrected chi connectivity index (χ0v) is 46.3. The SMILES string of the molecule is CC/C=C\C/C=C\C/C=C\C/C=C\CCCCCCCCCCCCCCCCC(=O)OCC(COC(=O)CCCCCCCCCCCC)OC(=O)CCCCCCC/C=C\C/C=C\CCCCC. The summed E-state index contributed by atoms with van der Waals surface area (Å²) in [6.07, 6.45) is 74.8. The maximum absolute atomic E-state index is 12.8. The molecule has 0 fully saturated rings. The Bertz CT molecular complexity index is 1310. The van der Waals surface area contributed by atoms with Gasteiger partial charge in [0.15, 0.2) is 6.10 Å². The van der Waals surface area contributed by atoms with E-state index < -0.39 is 6.10 Å². The second-order valence-corrected chi connectivity index (χ2v) is 19.9. The zero-order valence-electron chi connectivity index (χ0n) is 46.3. The summed E-state index contributed by atoms with van der Waals surface area (Å²) in [5, 5.41) is 0. The number of carbonyl (C=O) groups excluding carboxylic acids is 3. The van der Waals surface area contributed by atoms with E-state index in [0.717, 1.165) is 109 Å². The van der Waals surface area contributed by atoms with Crippen molar-refractivity contribution in [2.45, 2.75) is 303 Å². The fourth-order valence-corrected chi connectivity index (χ4v) is 8.47. The van der Waals surface area contributed by atoms with Crippen LogP contribution in [0.1, 0.15) is 297 Å². The monoisotopic (exact) mass is 977 g/mol. The van der Waals surface area contributed by atoms with Gasteiger partial charge in [-0.1, -0.05) is 261 Å². The predicted molar refractivity (Wildman–Crippen MR) is 302 cm³/mol.